The van der Waals surface area contributed by atoms with Gasteiger partial charge in [0.2, 0.25) is 5.91 Å². The molecule has 110 valence electrons. The predicted molar refractivity (Wildman–Crippen MR) is 73.7 cm³/mol. The zero-order valence-electron chi connectivity index (χ0n) is 11.6. The molecule has 1 amide bonds. The summed E-state index contributed by atoms with van der Waals surface area (Å²) < 4.78 is 0. The van der Waals surface area contributed by atoms with Gasteiger partial charge >= 0.3 is 5.97 Å². The number of amides is 1. The van der Waals surface area contributed by atoms with E-state index in [1.54, 1.807) is 0 Å². The molecular formula is C14H26N2O3. The minimum atomic E-state index is -0.746. The van der Waals surface area contributed by atoms with E-state index in [1.165, 1.54) is 0 Å². The largest absolute Gasteiger partial charge is 0.481 e. The Morgan fingerprint density at radius 2 is 1.89 bits per heavy atom. The number of carbonyl (C=O) groups excluding carboxylic acids is 1. The Morgan fingerprint density at radius 1 is 1.16 bits per heavy atom. The number of rotatable bonds is 9. The Bertz CT molecular complexity index is 294. The van der Waals surface area contributed by atoms with Crippen molar-refractivity contribution in [3.05, 3.63) is 0 Å². The zero-order chi connectivity index (χ0) is 14.1. The topological polar surface area (TPSA) is 83.6 Å². The summed E-state index contributed by atoms with van der Waals surface area (Å²) in [6.07, 6.45) is 6.62. The van der Waals surface area contributed by atoms with Gasteiger partial charge in [-0.3, -0.25) is 9.59 Å². The van der Waals surface area contributed by atoms with Crippen LogP contribution in [0.2, 0.25) is 0 Å². The third kappa shape index (κ3) is 6.57. The fourth-order valence-corrected chi connectivity index (χ4v) is 2.55. The van der Waals surface area contributed by atoms with Crippen molar-refractivity contribution < 1.29 is 14.7 Å². The number of aliphatic carboxylic acids is 1. The standard InChI is InChI=1S/C14H26N2O3/c15-9-4-2-1-3-5-13(17)16-10-8-12(11-16)6-7-14(18)19/h12H,1-11,15H2,(H,18,19). The van der Waals surface area contributed by atoms with E-state index in [9.17, 15) is 9.59 Å². The molecule has 0 aliphatic carbocycles. The lowest BCUT2D eigenvalue weighted by Gasteiger charge is -2.16. The van der Waals surface area contributed by atoms with Gasteiger partial charge in [0.15, 0.2) is 0 Å². The summed E-state index contributed by atoms with van der Waals surface area (Å²) in [5, 5.41) is 8.65. The monoisotopic (exact) mass is 270 g/mol. The number of likely N-dealkylation sites (tertiary alicyclic amines) is 1. The molecule has 0 aromatic rings. The number of hydrogen-bond acceptors (Lipinski definition) is 3. The normalized spacial score (nSPS) is 18.8. The number of carbonyl (C=O) groups is 2. The van der Waals surface area contributed by atoms with Gasteiger partial charge in [-0.2, -0.15) is 0 Å². The molecule has 3 N–H and O–H groups in total. The van der Waals surface area contributed by atoms with Gasteiger partial charge in [-0.05, 0) is 38.1 Å². The SMILES string of the molecule is NCCCCCCC(=O)N1CCC(CCC(=O)O)C1. The summed E-state index contributed by atoms with van der Waals surface area (Å²) in [6, 6.07) is 0. The molecule has 5 nitrogen and oxygen atoms in total. The fourth-order valence-electron chi connectivity index (χ4n) is 2.55. The average Bonchev–Trinajstić information content (AvgIpc) is 2.84. The highest BCUT2D eigenvalue weighted by atomic mass is 16.4. The van der Waals surface area contributed by atoms with Crippen LogP contribution in [0, 0.1) is 5.92 Å². The highest BCUT2D eigenvalue weighted by molar-refractivity contribution is 5.76. The summed E-state index contributed by atoms with van der Waals surface area (Å²) in [7, 11) is 0. The summed E-state index contributed by atoms with van der Waals surface area (Å²) in [6.45, 7) is 2.27. The second-order valence-electron chi connectivity index (χ2n) is 5.38. The number of unbranched alkanes of at least 4 members (excludes halogenated alkanes) is 3. The van der Waals surface area contributed by atoms with Crippen LogP contribution in [-0.4, -0.2) is 41.5 Å². The average molecular weight is 270 g/mol. The predicted octanol–water partition coefficient (Wildman–Crippen LogP) is 1.61. The van der Waals surface area contributed by atoms with Gasteiger partial charge < -0.3 is 15.7 Å². The molecule has 1 atom stereocenters. The smallest absolute Gasteiger partial charge is 0.303 e. The van der Waals surface area contributed by atoms with E-state index in [2.05, 4.69) is 0 Å². The molecule has 0 radical (unpaired) electrons. The Labute approximate surface area is 115 Å². The first-order chi connectivity index (χ1) is 9.13. The lowest BCUT2D eigenvalue weighted by Crippen LogP contribution is -2.28. The Balaban J connectivity index is 2.11. The van der Waals surface area contributed by atoms with Gasteiger partial charge in [-0.1, -0.05) is 12.8 Å². The van der Waals surface area contributed by atoms with Crippen molar-refractivity contribution in [2.24, 2.45) is 11.7 Å². The van der Waals surface area contributed by atoms with Crippen molar-refractivity contribution in [3.63, 3.8) is 0 Å². The molecule has 1 heterocycles. The van der Waals surface area contributed by atoms with E-state index in [-0.39, 0.29) is 12.3 Å². The van der Waals surface area contributed by atoms with Crippen LogP contribution in [-0.2, 0) is 9.59 Å². The Hall–Kier alpha value is -1.10. The quantitative estimate of drug-likeness (QED) is 0.623. The van der Waals surface area contributed by atoms with Gasteiger partial charge in [0.25, 0.3) is 0 Å². The number of nitrogens with zero attached hydrogens (tertiary/aromatic N) is 1. The zero-order valence-corrected chi connectivity index (χ0v) is 11.6. The third-order valence-corrected chi connectivity index (χ3v) is 3.75. The summed E-state index contributed by atoms with van der Waals surface area (Å²) in [4.78, 5) is 24.4. The molecule has 0 saturated carbocycles. The van der Waals surface area contributed by atoms with E-state index in [4.69, 9.17) is 10.8 Å². The maximum atomic E-state index is 11.9. The lowest BCUT2D eigenvalue weighted by molar-refractivity contribution is -0.137. The first-order valence-electron chi connectivity index (χ1n) is 7.33. The molecule has 1 fully saturated rings. The molecule has 5 heteroatoms. The van der Waals surface area contributed by atoms with Crippen LogP contribution in [0.5, 0.6) is 0 Å². The maximum absolute atomic E-state index is 11.9. The molecular weight excluding hydrogens is 244 g/mol. The van der Waals surface area contributed by atoms with Crippen LogP contribution in [0.1, 0.15) is 51.4 Å². The Morgan fingerprint density at radius 3 is 2.58 bits per heavy atom. The molecule has 1 aliphatic heterocycles. The molecule has 19 heavy (non-hydrogen) atoms. The van der Waals surface area contributed by atoms with Crippen LogP contribution in [0.25, 0.3) is 0 Å². The second-order valence-corrected chi connectivity index (χ2v) is 5.38. The van der Waals surface area contributed by atoms with Gasteiger partial charge in [-0.15, -0.1) is 0 Å². The second kappa shape index (κ2) is 8.91. The van der Waals surface area contributed by atoms with E-state index in [1.807, 2.05) is 4.90 Å². The van der Waals surface area contributed by atoms with Gasteiger partial charge in [0.1, 0.15) is 0 Å². The van der Waals surface area contributed by atoms with E-state index in [0.29, 0.717) is 18.8 Å². The first-order valence-corrected chi connectivity index (χ1v) is 7.33. The van der Waals surface area contributed by atoms with Crippen LogP contribution < -0.4 is 5.73 Å². The Kier molecular flexibility index (Phi) is 7.48. The molecule has 1 aliphatic rings. The third-order valence-electron chi connectivity index (χ3n) is 3.75. The highest BCUT2D eigenvalue weighted by Gasteiger charge is 2.25. The lowest BCUT2D eigenvalue weighted by atomic mass is 10.0. The number of carboxylic acid groups (broad SMARTS) is 1. The van der Waals surface area contributed by atoms with Crippen LogP contribution >= 0.6 is 0 Å². The van der Waals surface area contributed by atoms with Gasteiger partial charge in [-0.25, -0.2) is 0 Å². The minimum Gasteiger partial charge on any atom is -0.481 e. The van der Waals surface area contributed by atoms with Crippen molar-refractivity contribution in [1.82, 2.24) is 4.90 Å². The van der Waals surface area contributed by atoms with Crippen LogP contribution in [0.4, 0.5) is 0 Å². The first kappa shape index (κ1) is 16.0. The van der Waals surface area contributed by atoms with Crippen molar-refractivity contribution in [1.29, 1.82) is 0 Å². The minimum absolute atomic E-state index is 0.214. The molecule has 1 rings (SSSR count). The highest BCUT2D eigenvalue weighted by Crippen LogP contribution is 2.22. The van der Waals surface area contributed by atoms with Crippen molar-refractivity contribution >= 4 is 11.9 Å². The summed E-state index contributed by atoms with van der Waals surface area (Å²) in [5.41, 5.74) is 5.42. The molecule has 0 aromatic carbocycles. The summed E-state index contributed by atoms with van der Waals surface area (Å²) >= 11 is 0. The molecule has 1 saturated heterocycles. The van der Waals surface area contributed by atoms with Crippen molar-refractivity contribution in [3.8, 4) is 0 Å². The fraction of sp³-hybridized carbons (Fsp3) is 0.857. The molecule has 0 spiro atoms. The van der Waals surface area contributed by atoms with E-state index in [0.717, 1.165) is 51.7 Å². The van der Waals surface area contributed by atoms with Crippen molar-refractivity contribution in [2.45, 2.75) is 51.4 Å². The number of nitrogens with two attached hydrogens (primary N) is 1. The van der Waals surface area contributed by atoms with Crippen LogP contribution in [0.15, 0.2) is 0 Å². The molecule has 0 aromatic heterocycles. The van der Waals surface area contributed by atoms with Gasteiger partial charge in [0.05, 0.1) is 0 Å². The van der Waals surface area contributed by atoms with Crippen molar-refractivity contribution in [2.75, 3.05) is 19.6 Å². The number of carboxylic acids is 1. The van der Waals surface area contributed by atoms with Gasteiger partial charge in [0, 0.05) is 25.9 Å². The number of hydrogen-bond donors (Lipinski definition) is 2. The van der Waals surface area contributed by atoms with E-state index < -0.39 is 5.97 Å². The van der Waals surface area contributed by atoms with Crippen LogP contribution in [0.3, 0.4) is 0 Å². The summed E-state index contributed by atoms with van der Waals surface area (Å²) in [5.74, 6) is -0.146. The maximum Gasteiger partial charge on any atom is 0.303 e. The molecule has 1 unspecified atom stereocenters. The van der Waals surface area contributed by atoms with E-state index >= 15 is 0 Å². The molecule has 0 bridgehead atoms.